The number of methoxy groups -OCH3 is 4. The van der Waals surface area contributed by atoms with Crippen molar-refractivity contribution in [2.45, 2.75) is 50.6 Å². The number of aromatic nitrogens is 1. The topological polar surface area (TPSA) is 129 Å². The van der Waals surface area contributed by atoms with Crippen LogP contribution in [-0.2, 0) is 16.0 Å². The van der Waals surface area contributed by atoms with Gasteiger partial charge in [0.15, 0.2) is 0 Å². The Kier molecular flexibility index (Phi) is 10.4. The average molecular weight is 695 g/mol. The van der Waals surface area contributed by atoms with E-state index in [1.54, 1.807) is 70.5 Å². The molecule has 0 spiro atoms. The van der Waals surface area contributed by atoms with Gasteiger partial charge >= 0.3 is 0 Å². The number of nitrogens with zero attached hydrogens (tertiary/aromatic N) is 2. The van der Waals surface area contributed by atoms with E-state index in [1.165, 1.54) is 7.11 Å². The van der Waals surface area contributed by atoms with E-state index in [0.717, 1.165) is 22.1 Å². The molecule has 1 aliphatic heterocycles. The maximum absolute atomic E-state index is 14.5. The molecule has 0 radical (unpaired) electrons. The van der Waals surface area contributed by atoms with E-state index < -0.39 is 30.2 Å². The molecular formula is C40H42N2O9. The van der Waals surface area contributed by atoms with Gasteiger partial charge < -0.3 is 43.5 Å². The second-order valence-corrected chi connectivity index (χ2v) is 12.8. The average Bonchev–Trinajstić information content (AvgIpc) is 3.15. The number of anilines is 1. The molecule has 2 heterocycles. The molecule has 1 fully saturated rings. The molecular weight excluding hydrogens is 652 g/mol. The van der Waals surface area contributed by atoms with E-state index in [4.69, 9.17) is 33.4 Å². The van der Waals surface area contributed by atoms with E-state index in [9.17, 15) is 15.0 Å². The summed E-state index contributed by atoms with van der Waals surface area (Å²) in [5.41, 5.74) is 3.20. The highest BCUT2D eigenvalue weighted by Crippen LogP contribution is 2.36. The predicted molar refractivity (Wildman–Crippen MR) is 193 cm³/mol. The molecule has 0 bridgehead atoms. The van der Waals surface area contributed by atoms with E-state index >= 15 is 0 Å². The fourth-order valence-corrected chi connectivity index (χ4v) is 6.36. The Morgan fingerprint density at radius 1 is 0.824 bits per heavy atom. The fourth-order valence-electron chi connectivity index (χ4n) is 6.36. The van der Waals surface area contributed by atoms with Crippen molar-refractivity contribution in [3.8, 4) is 34.1 Å². The molecule has 4 atom stereocenters. The van der Waals surface area contributed by atoms with Crippen LogP contribution in [0.5, 0.6) is 23.0 Å². The minimum absolute atomic E-state index is 0.238. The van der Waals surface area contributed by atoms with E-state index in [2.05, 4.69) is 0 Å². The molecule has 1 aromatic heterocycles. The summed E-state index contributed by atoms with van der Waals surface area (Å²) in [6.07, 6.45) is -2.78. The van der Waals surface area contributed by atoms with Crippen LogP contribution in [0.4, 0.5) is 5.69 Å². The number of pyridine rings is 1. The third-order valence-electron chi connectivity index (χ3n) is 9.08. The minimum atomic E-state index is -1.34. The summed E-state index contributed by atoms with van der Waals surface area (Å²) in [6, 6.07) is 27.7. The number of rotatable bonds is 11. The second-order valence-electron chi connectivity index (χ2n) is 12.8. The number of amides is 1. The van der Waals surface area contributed by atoms with Gasteiger partial charge in [0.1, 0.15) is 41.3 Å². The third-order valence-corrected chi connectivity index (χ3v) is 9.08. The lowest BCUT2D eigenvalue weighted by Crippen LogP contribution is -2.63. The Balaban J connectivity index is 1.33. The molecule has 11 nitrogen and oxygen atoms in total. The summed E-state index contributed by atoms with van der Waals surface area (Å²) in [6.45, 7) is 3.79. The first-order chi connectivity index (χ1) is 24.5. The van der Waals surface area contributed by atoms with Crippen molar-refractivity contribution >= 4 is 22.5 Å². The highest BCUT2D eigenvalue weighted by atomic mass is 16.7. The summed E-state index contributed by atoms with van der Waals surface area (Å²) in [7, 11) is 6.27. The third kappa shape index (κ3) is 7.47. The van der Waals surface area contributed by atoms with Gasteiger partial charge in [-0.25, -0.2) is 0 Å². The highest BCUT2D eigenvalue weighted by molar-refractivity contribution is 6.07. The first-order valence-corrected chi connectivity index (χ1v) is 16.5. The first-order valence-electron chi connectivity index (χ1n) is 16.5. The number of benzene rings is 4. The number of hydrogen-bond donors (Lipinski definition) is 2. The van der Waals surface area contributed by atoms with Gasteiger partial charge in [0.05, 0.1) is 50.9 Å². The van der Waals surface area contributed by atoms with Gasteiger partial charge in [-0.15, -0.1) is 0 Å². The monoisotopic (exact) mass is 694 g/mol. The summed E-state index contributed by atoms with van der Waals surface area (Å²) in [5.74, 6) is 2.17. The van der Waals surface area contributed by atoms with Crippen molar-refractivity contribution in [3.63, 3.8) is 0 Å². The van der Waals surface area contributed by atoms with Crippen LogP contribution in [0.15, 0.2) is 97.2 Å². The SMILES string of the molecule is COc1ccc(CN(C(=O)c2ccc(OC)c(-c3cccc(OC)c3)c2)c2cnc3cc(O[C@@H]4OC(C)(C)[C@H](OC)[C@@H](O)[C@H]4O)ccc3c2)cc1. The van der Waals surface area contributed by atoms with Gasteiger partial charge in [0.2, 0.25) is 6.29 Å². The van der Waals surface area contributed by atoms with Crippen LogP contribution in [0.25, 0.3) is 22.0 Å². The van der Waals surface area contributed by atoms with Crippen LogP contribution in [0.3, 0.4) is 0 Å². The van der Waals surface area contributed by atoms with Gasteiger partial charge in [-0.3, -0.25) is 9.78 Å². The zero-order chi connectivity index (χ0) is 36.3. The number of carbonyl (C=O) groups excluding carboxylic acids is 1. The number of fused-ring (bicyclic) bond motifs is 1. The maximum Gasteiger partial charge on any atom is 0.258 e. The second kappa shape index (κ2) is 15.0. The molecule has 1 aliphatic rings. The largest absolute Gasteiger partial charge is 0.497 e. The predicted octanol–water partition coefficient (Wildman–Crippen LogP) is 6.03. The number of hydrogen-bond acceptors (Lipinski definition) is 10. The summed E-state index contributed by atoms with van der Waals surface area (Å²) in [5, 5.41) is 22.1. The summed E-state index contributed by atoms with van der Waals surface area (Å²) < 4.78 is 33.8. The van der Waals surface area contributed by atoms with Crippen molar-refractivity contribution in [2.75, 3.05) is 33.3 Å². The molecule has 6 rings (SSSR count). The van der Waals surface area contributed by atoms with Crippen LogP contribution in [0, 0.1) is 0 Å². The molecule has 11 heteroatoms. The van der Waals surface area contributed by atoms with E-state index in [0.29, 0.717) is 39.8 Å². The molecule has 0 unspecified atom stereocenters. The highest BCUT2D eigenvalue weighted by Gasteiger charge is 2.50. The Morgan fingerprint density at radius 3 is 2.27 bits per heavy atom. The van der Waals surface area contributed by atoms with Crippen LogP contribution < -0.4 is 23.8 Å². The molecule has 1 saturated heterocycles. The molecule has 4 aromatic carbocycles. The number of aliphatic hydroxyl groups excluding tert-OH is 2. The van der Waals surface area contributed by atoms with Crippen molar-refractivity contribution < 1.29 is 43.4 Å². The Labute approximate surface area is 296 Å². The molecule has 0 saturated carbocycles. The van der Waals surface area contributed by atoms with Gasteiger partial charge in [-0.05, 0) is 85.6 Å². The van der Waals surface area contributed by atoms with Crippen molar-refractivity contribution in [3.05, 3.63) is 108 Å². The first kappa shape index (κ1) is 35.6. The van der Waals surface area contributed by atoms with Crippen molar-refractivity contribution in [2.24, 2.45) is 0 Å². The molecule has 1 amide bonds. The molecule has 2 N–H and O–H groups in total. The molecule has 266 valence electrons. The molecule has 5 aromatic rings. The Hall–Kier alpha value is -5.20. The van der Waals surface area contributed by atoms with Gasteiger partial charge in [0.25, 0.3) is 5.91 Å². The smallest absolute Gasteiger partial charge is 0.258 e. The van der Waals surface area contributed by atoms with E-state index in [-0.39, 0.29) is 12.5 Å². The Morgan fingerprint density at radius 2 is 1.57 bits per heavy atom. The summed E-state index contributed by atoms with van der Waals surface area (Å²) >= 11 is 0. The molecule has 0 aliphatic carbocycles. The fraction of sp³-hybridized carbons (Fsp3) is 0.300. The quantitative estimate of drug-likeness (QED) is 0.169. The number of ether oxygens (including phenoxy) is 6. The molecule has 51 heavy (non-hydrogen) atoms. The van der Waals surface area contributed by atoms with Crippen LogP contribution in [0.2, 0.25) is 0 Å². The lowest BCUT2D eigenvalue weighted by molar-refractivity contribution is -0.305. The lowest BCUT2D eigenvalue weighted by atomic mass is 9.89. The zero-order valence-corrected chi connectivity index (χ0v) is 29.4. The standard InChI is InChI=1S/C40H42N2O9/c1-40(2)37(49-6)35(43)36(44)39(51-40)50-31-16-12-26-18-28(22-41-33(26)21-31)42(23-24-10-14-29(46-3)15-11-24)38(45)27-13-17-34(48-5)32(20-27)25-8-7-9-30(19-25)47-4/h7-22,35-37,39,43-44H,23H2,1-6H3/t35-,36+,37+,39+/m0/s1. The van der Waals surface area contributed by atoms with Crippen LogP contribution in [-0.4, -0.2) is 79.7 Å². The minimum Gasteiger partial charge on any atom is -0.497 e. The lowest BCUT2D eigenvalue weighted by Gasteiger charge is -2.46. The van der Waals surface area contributed by atoms with Crippen molar-refractivity contribution in [1.29, 1.82) is 0 Å². The number of aliphatic hydroxyl groups is 2. The maximum atomic E-state index is 14.5. The normalized spacial score (nSPS) is 19.7. The summed E-state index contributed by atoms with van der Waals surface area (Å²) in [4.78, 5) is 20.8. The van der Waals surface area contributed by atoms with Crippen LogP contribution in [0.1, 0.15) is 29.8 Å². The van der Waals surface area contributed by atoms with Crippen LogP contribution >= 0.6 is 0 Å². The van der Waals surface area contributed by atoms with E-state index in [1.807, 2.05) is 66.7 Å². The van der Waals surface area contributed by atoms with Gasteiger partial charge in [-0.2, -0.15) is 0 Å². The van der Waals surface area contributed by atoms with Crippen molar-refractivity contribution in [1.82, 2.24) is 4.98 Å². The van der Waals surface area contributed by atoms with Gasteiger partial charge in [-0.1, -0.05) is 24.3 Å². The number of carbonyl (C=O) groups is 1. The Bertz CT molecular complexity index is 2000. The zero-order valence-electron chi connectivity index (χ0n) is 29.4. The van der Waals surface area contributed by atoms with Gasteiger partial charge in [0, 0.05) is 29.7 Å².